The number of piperazine rings is 1. The molecule has 1 saturated heterocycles. The monoisotopic (exact) mass is 308 g/mol. The summed E-state index contributed by atoms with van der Waals surface area (Å²) in [5, 5.41) is 22.3. The van der Waals surface area contributed by atoms with E-state index in [1.807, 2.05) is 4.90 Å². The minimum atomic E-state index is -2.44. The Morgan fingerprint density at radius 2 is 1.85 bits per heavy atom. The number of benzene rings is 1. The summed E-state index contributed by atoms with van der Waals surface area (Å²) in [6.07, 6.45) is -2.76. The molecule has 0 unspecified atom stereocenters. The molecule has 0 bridgehead atoms. The highest BCUT2D eigenvalue weighted by atomic mass is 35.5. The van der Waals surface area contributed by atoms with E-state index in [1.54, 1.807) is 0 Å². The Hall–Kier alpha value is -1.11. The van der Waals surface area contributed by atoms with Crippen molar-refractivity contribution in [1.82, 2.24) is 10.2 Å². The molecule has 7 heteroatoms. The van der Waals surface area contributed by atoms with Gasteiger partial charge in [0, 0.05) is 50.3 Å². The Bertz CT molecular complexity index is 429. The van der Waals surface area contributed by atoms with Gasteiger partial charge >= 0.3 is 0 Å². The fourth-order valence-electron chi connectivity index (χ4n) is 2.45. The molecular weight excluding hydrogens is 290 g/mol. The third-order valence-electron chi connectivity index (χ3n) is 3.37. The number of phenolic OH excluding ortho intramolecular Hbond substituents is 2. The van der Waals surface area contributed by atoms with Gasteiger partial charge in [0.15, 0.2) is 0 Å². The highest BCUT2D eigenvalue weighted by Gasteiger charge is 2.27. The minimum Gasteiger partial charge on any atom is -0.508 e. The van der Waals surface area contributed by atoms with Crippen molar-refractivity contribution < 1.29 is 19.0 Å². The summed E-state index contributed by atoms with van der Waals surface area (Å²) in [6.45, 7) is 2.83. The van der Waals surface area contributed by atoms with E-state index in [0.29, 0.717) is 18.7 Å². The summed E-state index contributed by atoms with van der Waals surface area (Å²) in [5.41, 5.74) is 0.444. The lowest BCUT2D eigenvalue weighted by molar-refractivity contribution is 0.0729. The maximum absolute atomic E-state index is 12.8. The largest absolute Gasteiger partial charge is 0.508 e. The van der Waals surface area contributed by atoms with Crippen LogP contribution in [-0.2, 0) is 0 Å². The van der Waals surface area contributed by atoms with E-state index in [1.165, 1.54) is 18.2 Å². The predicted octanol–water partition coefficient (Wildman–Crippen LogP) is 2.12. The molecule has 0 aromatic heterocycles. The standard InChI is InChI=1S/C13H18F2N2O2.ClH/c14-13(15)8-11(17-5-3-16-4-6-17)10-2-1-9(18)7-12(10)19;/h1-2,7,11,13,16,18-19H,3-6,8H2;1H/t11-;/m0./s1. The molecule has 1 aliphatic rings. The van der Waals surface area contributed by atoms with Crippen LogP contribution >= 0.6 is 12.4 Å². The average molecular weight is 309 g/mol. The van der Waals surface area contributed by atoms with Gasteiger partial charge in [0.05, 0.1) is 0 Å². The molecule has 1 atom stereocenters. The Morgan fingerprint density at radius 3 is 2.40 bits per heavy atom. The van der Waals surface area contributed by atoms with Crippen LogP contribution in [0, 0.1) is 0 Å². The molecule has 3 N–H and O–H groups in total. The lowest BCUT2D eigenvalue weighted by Crippen LogP contribution is -2.45. The summed E-state index contributed by atoms with van der Waals surface area (Å²) >= 11 is 0. The maximum Gasteiger partial charge on any atom is 0.240 e. The molecule has 0 amide bonds. The summed E-state index contributed by atoms with van der Waals surface area (Å²) in [4.78, 5) is 1.94. The SMILES string of the molecule is Cl.Oc1ccc([C@H](CC(F)F)N2CCNCC2)c(O)c1. The third-order valence-corrected chi connectivity index (χ3v) is 3.37. The number of nitrogens with one attached hydrogen (secondary N) is 1. The molecular formula is C13H19ClF2N2O2. The van der Waals surface area contributed by atoms with Crippen LogP contribution in [0.3, 0.4) is 0 Å². The van der Waals surface area contributed by atoms with Gasteiger partial charge in [-0.3, -0.25) is 4.90 Å². The zero-order valence-electron chi connectivity index (χ0n) is 10.9. The van der Waals surface area contributed by atoms with Gasteiger partial charge in [-0.15, -0.1) is 12.4 Å². The van der Waals surface area contributed by atoms with Gasteiger partial charge in [-0.05, 0) is 6.07 Å². The maximum atomic E-state index is 12.8. The molecule has 1 aromatic carbocycles. The lowest BCUT2D eigenvalue weighted by atomic mass is 10.00. The predicted molar refractivity (Wildman–Crippen MR) is 74.8 cm³/mol. The van der Waals surface area contributed by atoms with E-state index in [9.17, 15) is 19.0 Å². The third kappa shape index (κ3) is 4.19. The first-order chi connectivity index (χ1) is 9.08. The van der Waals surface area contributed by atoms with Crippen molar-refractivity contribution in [2.75, 3.05) is 26.2 Å². The number of rotatable bonds is 4. The zero-order chi connectivity index (χ0) is 13.8. The van der Waals surface area contributed by atoms with Crippen molar-refractivity contribution >= 4 is 12.4 Å². The van der Waals surface area contributed by atoms with E-state index in [-0.39, 0.29) is 30.3 Å². The van der Waals surface area contributed by atoms with Crippen LogP contribution in [0.4, 0.5) is 8.78 Å². The molecule has 1 heterocycles. The van der Waals surface area contributed by atoms with E-state index in [0.717, 1.165) is 13.1 Å². The molecule has 0 spiro atoms. The molecule has 114 valence electrons. The van der Waals surface area contributed by atoms with Crippen molar-refractivity contribution in [3.63, 3.8) is 0 Å². The fraction of sp³-hybridized carbons (Fsp3) is 0.538. The van der Waals surface area contributed by atoms with E-state index >= 15 is 0 Å². The highest BCUT2D eigenvalue weighted by molar-refractivity contribution is 5.85. The first-order valence-corrected chi connectivity index (χ1v) is 6.32. The van der Waals surface area contributed by atoms with Gasteiger partial charge in [-0.25, -0.2) is 8.78 Å². The van der Waals surface area contributed by atoms with Crippen molar-refractivity contribution in [3.05, 3.63) is 23.8 Å². The molecule has 0 aliphatic carbocycles. The van der Waals surface area contributed by atoms with E-state index in [4.69, 9.17) is 0 Å². The summed E-state index contributed by atoms with van der Waals surface area (Å²) in [5.74, 6) is -0.207. The van der Waals surface area contributed by atoms with Gasteiger partial charge in [-0.1, -0.05) is 6.07 Å². The topological polar surface area (TPSA) is 55.7 Å². The number of nitrogens with zero attached hydrogens (tertiary/aromatic N) is 1. The Labute approximate surface area is 122 Å². The number of phenols is 2. The fourth-order valence-corrected chi connectivity index (χ4v) is 2.45. The van der Waals surface area contributed by atoms with Gasteiger partial charge in [0.25, 0.3) is 0 Å². The van der Waals surface area contributed by atoms with Crippen LogP contribution in [0.2, 0.25) is 0 Å². The second-order valence-electron chi connectivity index (χ2n) is 4.67. The van der Waals surface area contributed by atoms with Gasteiger partial charge in [0.1, 0.15) is 11.5 Å². The molecule has 20 heavy (non-hydrogen) atoms. The number of aromatic hydroxyl groups is 2. The molecule has 2 rings (SSSR count). The van der Waals surface area contributed by atoms with Gasteiger partial charge in [-0.2, -0.15) is 0 Å². The Balaban J connectivity index is 0.00000200. The quantitative estimate of drug-likeness (QED) is 0.797. The van der Waals surface area contributed by atoms with Crippen molar-refractivity contribution in [3.8, 4) is 11.5 Å². The Kier molecular flexibility index (Phi) is 6.45. The van der Waals surface area contributed by atoms with Gasteiger partial charge < -0.3 is 15.5 Å². The molecule has 0 radical (unpaired) electrons. The summed E-state index contributed by atoms with van der Waals surface area (Å²) in [6, 6.07) is 3.59. The van der Waals surface area contributed by atoms with Crippen molar-refractivity contribution in [2.45, 2.75) is 18.9 Å². The van der Waals surface area contributed by atoms with Gasteiger partial charge in [0.2, 0.25) is 6.43 Å². The minimum absolute atomic E-state index is 0. The van der Waals surface area contributed by atoms with E-state index in [2.05, 4.69) is 5.32 Å². The molecule has 4 nitrogen and oxygen atoms in total. The van der Waals surface area contributed by atoms with Crippen LogP contribution in [0.5, 0.6) is 11.5 Å². The zero-order valence-corrected chi connectivity index (χ0v) is 11.7. The molecule has 1 fully saturated rings. The van der Waals surface area contributed by atoms with Crippen molar-refractivity contribution in [2.24, 2.45) is 0 Å². The molecule has 1 aliphatic heterocycles. The highest BCUT2D eigenvalue weighted by Crippen LogP contribution is 2.35. The second-order valence-corrected chi connectivity index (χ2v) is 4.67. The number of halogens is 3. The Morgan fingerprint density at radius 1 is 1.20 bits per heavy atom. The first kappa shape index (κ1) is 16.9. The molecule has 1 aromatic rings. The van der Waals surface area contributed by atoms with Crippen LogP contribution in [0.25, 0.3) is 0 Å². The normalized spacial score (nSPS) is 17.8. The lowest BCUT2D eigenvalue weighted by Gasteiger charge is -2.35. The van der Waals surface area contributed by atoms with Crippen molar-refractivity contribution in [1.29, 1.82) is 0 Å². The first-order valence-electron chi connectivity index (χ1n) is 6.32. The summed E-state index contributed by atoms with van der Waals surface area (Å²) < 4.78 is 25.5. The van der Waals surface area contributed by atoms with Crippen LogP contribution in [0.15, 0.2) is 18.2 Å². The number of alkyl halides is 2. The summed E-state index contributed by atoms with van der Waals surface area (Å²) in [7, 11) is 0. The van der Waals surface area contributed by atoms with Crippen LogP contribution in [0.1, 0.15) is 18.0 Å². The average Bonchev–Trinajstić information content (AvgIpc) is 2.37. The molecule has 0 saturated carbocycles. The number of hydrogen-bond acceptors (Lipinski definition) is 4. The van der Waals surface area contributed by atoms with Crippen LogP contribution in [-0.4, -0.2) is 47.7 Å². The second kappa shape index (κ2) is 7.61. The van der Waals surface area contributed by atoms with Crippen LogP contribution < -0.4 is 5.32 Å². The number of hydrogen-bond donors (Lipinski definition) is 3. The van der Waals surface area contributed by atoms with E-state index < -0.39 is 12.5 Å². The smallest absolute Gasteiger partial charge is 0.240 e.